The van der Waals surface area contributed by atoms with Gasteiger partial charge in [-0.3, -0.25) is 10.1 Å². The quantitative estimate of drug-likeness (QED) is 0.355. The minimum atomic E-state index is -0.606. The maximum absolute atomic E-state index is 12.1. The number of rotatable bonds is 5. The van der Waals surface area contributed by atoms with Gasteiger partial charge in [-0.25, -0.2) is 9.79 Å². The Bertz CT molecular complexity index is 947. The van der Waals surface area contributed by atoms with Crippen molar-refractivity contribution in [3.8, 4) is 5.75 Å². The molecule has 0 unspecified atom stereocenters. The van der Waals surface area contributed by atoms with Crippen LogP contribution in [0.3, 0.4) is 0 Å². The van der Waals surface area contributed by atoms with Crippen molar-refractivity contribution in [2.24, 2.45) is 4.99 Å². The smallest absolute Gasteiger partial charge is 0.363 e. The molecular weight excluding hydrogens is 336 g/mol. The summed E-state index contributed by atoms with van der Waals surface area (Å²) in [5, 5.41) is 11.2. The molecule has 7 heteroatoms. The van der Waals surface area contributed by atoms with Crippen LogP contribution in [0.5, 0.6) is 5.75 Å². The van der Waals surface area contributed by atoms with Gasteiger partial charge in [-0.2, -0.15) is 0 Å². The van der Waals surface area contributed by atoms with Gasteiger partial charge in [0.05, 0.1) is 12.0 Å². The van der Waals surface area contributed by atoms with Crippen LogP contribution in [0.2, 0.25) is 0 Å². The van der Waals surface area contributed by atoms with Crippen molar-refractivity contribution in [3.05, 3.63) is 75.0 Å². The summed E-state index contributed by atoms with van der Waals surface area (Å²) < 4.78 is 10.4. The van der Waals surface area contributed by atoms with E-state index in [0.717, 1.165) is 0 Å². The number of nitro groups is 1. The molecule has 0 amide bonds. The number of aryl methyl sites for hydroxylation is 1. The third-order valence-electron chi connectivity index (χ3n) is 3.93. The van der Waals surface area contributed by atoms with Gasteiger partial charge >= 0.3 is 5.97 Å². The van der Waals surface area contributed by atoms with Crippen molar-refractivity contribution >= 4 is 23.6 Å². The van der Waals surface area contributed by atoms with Crippen LogP contribution >= 0.6 is 0 Å². The SMILES string of the molecule is CCc1ccc(/C=C2\N=C(c3cccc(OC)c3)OC2=O)cc1[N+](=O)[O-]. The zero-order valence-electron chi connectivity index (χ0n) is 14.3. The summed E-state index contributed by atoms with van der Waals surface area (Å²) in [6, 6.07) is 11.8. The summed E-state index contributed by atoms with van der Waals surface area (Å²) in [6.07, 6.45) is 2.02. The second kappa shape index (κ2) is 7.18. The fourth-order valence-corrected chi connectivity index (χ4v) is 2.59. The number of nitrogens with zero attached hydrogens (tertiary/aromatic N) is 2. The number of carbonyl (C=O) groups excluding carboxylic acids is 1. The van der Waals surface area contributed by atoms with E-state index in [4.69, 9.17) is 9.47 Å². The van der Waals surface area contributed by atoms with E-state index >= 15 is 0 Å². The highest BCUT2D eigenvalue weighted by Crippen LogP contribution is 2.25. The van der Waals surface area contributed by atoms with E-state index < -0.39 is 10.9 Å². The lowest BCUT2D eigenvalue weighted by Gasteiger charge is -2.02. The minimum absolute atomic E-state index is 0.0187. The van der Waals surface area contributed by atoms with E-state index in [9.17, 15) is 14.9 Å². The molecule has 0 atom stereocenters. The second-order valence-electron chi connectivity index (χ2n) is 5.57. The Labute approximate surface area is 149 Å². The molecule has 0 radical (unpaired) electrons. The van der Waals surface area contributed by atoms with Crippen molar-refractivity contribution in [3.63, 3.8) is 0 Å². The molecule has 0 aromatic heterocycles. The van der Waals surface area contributed by atoms with Crippen molar-refractivity contribution in [1.29, 1.82) is 0 Å². The van der Waals surface area contributed by atoms with Gasteiger partial charge < -0.3 is 9.47 Å². The largest absolute Gasteiger partial charge is 0.497 e. The van der Waals surface area contributed by atoms with Gasteiger partial charge in [0.2, 0.25) is 5.90 Å². The number of hydrogen-bond acceptors (Lipinski definition) is 6. The first-order chi connectivity index (χ1) is 12.5. The van der Waals surface area contributed by atoms with E-state index in [0.29, 0.717) is 28.9 Å². The topological polar surface area (TPSA) is 91.0 Å². The fraction of sp³-hybridized carbons (Fsp3) is 0.158. The van der Waals surface area contributed by atoms with Crippen LogP contribution in [0.4, 0.5) is 5.69 Å². The maximum atomic E-state index is 12.1. The minimum Gasteiger partial charge on any atom is -0.497 e. The molecule has 132 valence electrons. The number of carbonyl (C=O) groups is 1. The lowest BCUT2D eigenvalue weighted by molar-refractivity contribution is -0.385. The third-order valence-corrected chi connectivity index (χ3v) is 3.93. The molecule has 1 heterocycles. The van der Waals surface area contributed by atoms with Gasteiger partial charge in [0.15, 0.2) is 5.70 Å². The molecule has 2 aromatic rings. The number of aliphatic imine (C=N–C) groups is 1. The van der Waals surface area contributed by atoms with Gasteiger partial charge in [-0.15, -0.1) is 0 Å². The van der Waals surface area contributed by atoms with Crippen LogP contribution in [0, 0.1) is 10.1 Å². The highest BCUT2D eigenvalue weighted by Gasteiger charge is 2.24. The van der Waals surface area contributed by atoms with Crippen molar-refractivity contribution in [1.82, 2.24) is 0 Å². The number of ether oxygens (including phenoxy) is 2. The maximum Gasteiger partial charge on any atom is 0.363 e. The molecule has 1 aliphatic rings. The number of esters is 1. The average Bonchev–Trinajstić information content (AvgIpc) is 3.02. The molecule has 0 bridgehead atoms. The summed E-state index contributed by atoms with van der Waals surface area (Å²) in [6.45, 7) is 1.85. The van der Waals surface area contributed by atoms with Crippen LogP contribution < -0.4 is 4.74 Å². The van der Waals surface area contributed by atoms with E-state index in [1.54, 1.807) is 43.5 Å². The fourth-order valence-electron chi connectivity index (χ4n) is 2.59. The van der Waals surface area contributed by atoms with Crippen LogP contribution in [-0.2, 0) is 16.0 Å². The number of benzene rings is 2. The molecule has 0 spiro atoms. The zero-order chi connectivity index (χ0) is 18.7. The molecular formula is C19H16N2O5. The molecule has 0 saturated heterocycles. The number of hydrogen-bond donors (Lipinski definition) is 0. The first-order valence-electron chi connectivity index (χ1n) is 7.96. The molecule has 0 aliphatic carbocycles. The molecule has 26 heavy (non-hydrogen) atoms. The first kappa shape index (κ1) is 17.3. The van der Waals surface area contributed by atoms with E-state index in [1.165, 1.54) is 12.1 Å². The third kappa shape index (κ3) is 3.46. The van der Waals surface area contributed by atoms with Crippen molar-refractivity contribution in [2.75, 3.05) is 7.11 Å². The molecule has 0 N–H and O–H groups in total. The number of nitro benzene ring substituents is 1. The highest BCUT2D eigenvalue weighted by atomic mass is 16.6. The highest BCUT2D eigenvalue weighted by molar-refractivity contribution is 6.13. The summed E-state index contributed by atoms with van der Waals surface area (Å²) in [5.41, 5.74) is 1.85. The van der Waals surface area contributed by atoms with Crippen molar-refractivity contribution < 1.29 is 19.2 Å². The summed E-state index contributed by atoms with van der Waals surface area (Å²) >= 11 is 0. The summed E-state index contributed by atoms with van der Waals surface area (Å²) in [7, 11) is 1.54. The standard InChI is InChI=1S/C19H16N2O5/c1-3-13-8-7-12(10-17(13)21(23)24)9-16-19(22)26-18(20-16)14-5-4-6-15(11-14)25-2/h4-11H,3H2,1-2H3/b16-9-. The lowest BCUT2D eigenvalue weighted by atomic mass is 10.1. The normalized spacial score (nSPS) is 14.9. The molecule has 7 nitrogen and oxygen atoms in total. The van der Waals surface area contributed by atoms with E-state index in [2.05, 4.69) is 4.99 Å². The predicted octanol–water partition coefficient (Wildman–Crippen LogP) is 3.51. The van der Waals surface area contributed by atoms with Crippen LogP contribution in [0.25, 0.3) is 6.08 Å². The van der Waals surface area contributed by atoms with Gasteiger partial charge in [-0.05, 0) is 36.3 Å². The Kier molecular flexibility index (Phi) is 4.79. The van der Waals surface area contributed by atoms with E-state index in [1.807, 2.05) is 6.92 Å². The molecule has 1 aliphatic heterocycles. The summed E-state index contributed by atoms with van der Waals surface area (Å²) in [5.74, 6) is 0.175. The van der Waals surface area contributed by atoms with Gasteiger partial charge in [0.25, 0.3) is 5.69 Å². The van der Waals surface area contributed by atoms with E-state index in [-0.39, 0.29) is 17.3 Å². The van der Waals surface area contributed by atoms with Gasteiger partial charge in [0.1, 0.15) is 5.75 Å². The Morgan fingerprint density at radius 2 is 2.08 bits per heavy atom. The lowest BCUT2D eigenvalue weighted by Crippen LogP contribution is -2.05. The summed E-state index contributed by atoms with van der Waals surface area (Å²) in [4.78, 5) is 27.1. The number of methoxy groups -OCH3 is 1. The van der Waals surface area contributed by atoms with Crippen molar-refractivity contribution in [2.45, 2.75) is 13.3 Å². The van der Waals surface area contributed by atoms with Gasteiger partial charge in [-0.1, -0.05) is 25.1 Å². The van der Waals surface area contributed by atoms with Crippen LogP contribution in [0.15, 0.2) is 53.2 Å². The number of cyclic esters (lactones) is 1. The Morgan fingerprint density at radius 1 is 1.27 bits per heavy atom. The molecule has 2 aromatic carbocycles. The monoisotopic (exact) mass is 352 g/mol. The molecule has 0 fully saturated rings. The first-order valence-corrected chi connectivity index (χ1v) is 7.96. The predicted molar refractivity (Wildman–Crippen MR) is 96.1 cm³/mol. The second-order valence-corrected chi connectivity index (χ2v) is 5.57. The average molecular weight is 352 g/mol. The van der Waals surface area contributed by atoms with Crippen LogP contribution in [0.1, 0.15) is 23.6 Å². The zero-order valence-corrected chi connectivity index (χ0v) is 14.3. The molecule has 3 rings (SSSR count). The van der Waals surface area contributed by atoms with Gasteiger partial charge in [0, 0.05) is 17.2 Å². The Morgan fingerprint density at radius 3 is 2.77 bits per heavy atom. The van der Waals surface area contributed by atoms with Crippen LogP contribution in [-0.4, -0.2) is 23.9 Å². The Balaban J connectivity index is 1.96. The Hall–Kier alpha value is -3.48. The molecule has 0 saturated carbocycles.